The van der Waals surface area contributed by atoms with Gasteiger partial charge in [0.25, 0.3) is 0 Å². The number of nitrogens with one attached hydrogen (secondary N) is 1. The maximum atomic E-state index is 12.0. The third-order valence-corrected chi connectivity index (χ3v) is 4.67. The van der Waals surface area contributed by atoms with Crippen LogP contribution in [0.2, 0.25) is 0 Å². The number of hydrogen-bond donors (Lipinski definition) is 2. The van der Waals surface area contributed by atoms with Crippen LogP contribution in [0.3, 0.4) is 0 Å². The van der Waals surface area contributed by atoms with Crippen molar-refractivity contribution < 1.29 is 14.3 Å². The highest BCUT2D eigenvalue weighted by molar-refractivity contribution is 5.76. The summed E-state index contributed by atoms with van der Waals surface area (Å²) < 4.78 is 11.0. The van der Waals surface area contributed by atoms with E-state index in [2.05, 4.69) is 5.32 Å². The van der Waals surface area contributed by atoms with Crippen LogP contribution in [0, 0.1) is 5.92 Å². The number of amides is 1. The summed E-state index contributed by atoms with van der Waals surface area (Å²) in [6.07, 6.45) is 8.82. The maximum absolute atomic E-state index is 12.0. The van der Waals surface area contributed by atoms with Crippen molar-refractivity contribution in [2.45, 2.75) is 63.5 Å². The number of nitrogens with two attached hydrogens (primary N) is 1. The van der Waals surface area contributed by atoms with Crippen molar-refractivity contribution in [2.24, 2.45) is 11.7 Å². The lowest BCUT2D eigenvalue weighted by atomic mass is 9.84. The second-order valence-corrected chi connectivity index (χ2v) is 6.24. The molecule has 0 aromatic carbocycles. The predicted molar refractivity (Wildman–Crippen MR) is 82.0 cm³/mol. The minimum atomic E-state index is 0.0723. The molecule has 3 N–H and O–H groups in total. The molecule has 2 fully saturated rings. The van der Waals surface area contributed by atoms with Gasteiger partial charge in [0.1, 0.15) is 0 Å². The van der Waals surface area contributed by atoms with Crippen molar-refractivity contribution in [2.75, 3.05) is 26.4 Å². The van der Waals surface area contributed by atoms with Gasteiger partial charge in [-0.15, -0.1) is 0 Å². The van der Waals surface area contributed by atoms with Crippen LogP contribution < -0.4 is 11.1 Å². The molecule has 21 heavy (non-hydrogen) atoms. The number of rotatable bonds is 7. The highest BCUT2D eigenvalue weighted by Crippen LogP contribution is 2.26. The molecule has 1 amide bonds. The van der Waals surface area contributed by atoms with E-state index in [1.165, 1.54) is 32.1 Å². The zero-order chi connectivity index (χ0) is 14.9. The number of hydrogen-bond acceptors (Lipinski definition) is 4. The first kappa shape index (κ1) is 16.7. The van der Waals surface area contributed by atoms with Crippen molar-refractivity contribution >= 4 is 5.91 Å². The van der Waals surface area contributed by atoms with Gasteiger partial charge >= 0.3 is 0 Å². The van der Waals surface area contributed by atoms with E-state index in [0.717, 1.165) is 26.1 Å². The molecule has 1 saturated carbocycles. The fraction of sp³-hybridized carbons (Fsp3) is 0.938. The molecule has 1 atom stereocenters. The van der Waals surface area contributed by atoms with E-state index in [1.807, 2.05) is 0 Å². The fourth-order valence-corrected chi connectivity index (χ4v) is 3.35. The number of ether oxygens (including phenoxy) is 2. The van der Waals surface area contributed by atoms with E-state index in [0.29, 0.717) is 25.5 Å². The van der Waals surface area contributed by atoms with E-state index < -0.39 is 0 Å². The molecule has 2 rings (SSSR count). The van der Waals surface area contributed by atoms with Gasteiger partial charge in [-0.05, 0) is 31.6 Å². The van der Waals surface area contributed by atoms with Crippen molar-refractivity contribution in [3.63, 3.8) is 0 Å². The lowest BCUT2D eigenvalue weighted by molar-refractivity contribution is -0.124. The van der Waals surface area contributed by atoms with Gasteiger partial charge in [0.2, 0.25) is 5.91 Å². The van der Waals surface area contributed by atoms with E-state index in [9.17, 15) is 4.79 Å². The van der Waals surface area contributed by atoms with Crippen LogP contribution >= 0.6 is 0 Å². The van der Waals surface area contributed by atoms with Crippen molar-refractivity contribution in [1.29, 1.82) is 0 Å². The fourth-order valence-electron chi connectivity index (χ4n) is 3.35. The Kier molecular flexibility index (Phi) is 7.47. The Bertz CT molecular complexity index is 300. The molecular formula is C16H30N2O3. The van der Waals surface area contributed by atoms with E-state index >= 15 is 0 Å². The Labute approximate surface area is 127 Å². The average Bonchev–Trinajstić information content (AvgIpc) is 2.54. The predicted octanol–water partition coefficient (Wildman–Crippen LogP) is 1.60. The molecule has 1 aliphatic heterocycles. The van der Waals surface area contributed by atoms with Crippen LogP contribution in [0.1, 0.15) is 51.4 Å². The Balaban J connectivity index is 1.62. The Morgan fingerprint density at radius 3 is 2.57 bits per heavy atom. The maximum Gasteiger partial charge on any atom is 0.222 e. The second-order valence-electron chi connectivity index (χ2n) is 6.24. The van der Waals surface area contributed by atoms with Crippen molar-refractivity contribution in [3.05, 3.63) is 0 Å². The molecule has 5 heteroatoms. The lowest BCUT2D eigenvalue weighted by Crippen LogP contribution is -2.46. The van der Waals surface area contributed by atoms with Gasteiger partial charge in [-0.1, -0.05) is 19.3 Å². The topological polar surface area (TPSA) is 73.6 Å². The Morgan fingerprint density at radius 2 is 1.90 bits per heavy atom. The van der Waals surface area contributed by atoms with Crippen LogP contribution in [0.4, 0.5) is 0 Å². The first-order valence-corrected chi connectivity index (χ1v) is 8.48. The SMILES string of the molecule is NCC(NC(=O)CCOC1CCOCC1)C1CCCCC1. The van der Waals surface area contributed by atoms with Crippen LogP contribution in [0.25, 0.3) is 0 Å². The smallest absolute Gasteiger partial charge is 0.222 e. The second kappa shape index (κ2) is 9.38. The first-order valence-electron chi connectivity index (χ1n) is 8.48. The van der Waals surface area contributed by atoms with Crippen LogP contribution in [-0.2, 0) is 14.3 Å². The quantitative estimate of drug-likeness (QED) is 0.748. The molecule has 1 unspecified atom stereocenters. The van der Waals surface area contributed by atoms with Crippen LogP contribution in [-0.4, -0.2) is 44.4 Å². The molecule has 1 heterocycles. The highest BCUT2D eigenvalue weighted by atomic mass is 16.5. The minimum Gasteiger partial charge on any atom is -0.381 e. The number of carbonyl (C=O) groups is 1. The molecule has 0 radical (unpaired) electrons. The van der Waals surface area contributed by atoms with Gasteiger partial charge in [0.15, 0.2) is 0 Å². The summed E-state index contributed by atoms with van der Waals surface area (Å²) in [7, 11) is 0. The van der Waals surface area contributed by atoms with Crippen molar-refractivity contribution in [3.8, 4) is 0 Å². The highest BCUT2D eigenvalue weighted by Gasteiger charge is 2.24. The molecule has 122 valence electrons. The average molecular weight is 298 g/mol. The zero-order valence-electron chi connectivity index (χ0n) is 13.0. The van der Waals surface area contributed by atoms with Crippen LogP contribution in [0.5, 0.6) is 0 Å². The van der Waals surface area contributed by atoms with Gasteiger partial charge in [0.05, 0.1) is 12.7 Å². The van der Waals surface area contributed by atoms with Gasteiger partial charge in [0, 0.05) is 32.2 Å². The molecule has 0 aromatic rings. The first-order chi connectivity index (χ1) is 10.3. The van der Waals surface area contributed by atoms with E-state index in [1.54, 1.807) is 0 Å². The Morgan fingerprint density at radius 1 is 1.19 bits per heavy atom. The summed E-state index contributed by atoms with van der Waals surface area (Å²) in [6, 6.07) is 0.140. The third-order valence-electron chi connectivity index (χ3n) is 4.67. The third kappa shape index (κ3) is 5.93. The molecule has 1 aliphatic carbocycles. The van der Waals surface area contributed by atoms with E-state index in [-0.39, 0.29) is 18.1 Å². The van der Waals surface area contributed by atoms with Gasteiger partial charge in [-0.25, -0.2) is 0 Å². The summed E-state index contributed by atoms with van der Waals surface area (Å²) in [5.41, 5.74) is 5.84. The summed E-state index contributed by atoms with van der Waals surface area (Å²) in [5.74, 6) is 0.632. The van der Waals surface area contributed by atoms with Crippen LogP contribution in [0.15, 0.2) is 0 Å². The Hall–Kier alpha value is -0.650. The van der Waals surface area contributed by atoms with Gasteiger partial charge in [-0.2, -0.15) is 0 Å². The van der Waals surface area contributed by atoms with Gasteiger partial charge in [-0.3, -0.25) is 4.79 Å². The summed E-state index contributed by atoms with van der Waals surface area (Å²) in [5, 5.41) is 3.11. The lowest BCUT2D eigenvalue weighted by Gasteiger charge is -2.30. The molecule has 0 aromatic heterocycles. The van der Waals surface area contributed by atoms with Crippen molar-refractivity contribution in [1.82, 2.24) is 5.32 Å². The molecule has 1 saturated heterocycles. The van der Waals surface area contributed by atoms with E-state index in [4.69, 9.17) is 15.2 Å². The standard InChI is InChI=1S/C16H30N2O3/c17-12-15(13-4-2-1-3-5-13)18-16(19)8-11-21-14-6-9-20-10-7-14/h13-15H,1-12,17H2,(H,18,19). The largest absolute Gasteiger partial charge is 0.381 e. The summed E-state index contributed by atoms with van der Waals surface area (Å²) in [6.45, 7) is 2.58. The molecular weight excluding hydrogens is 268 g/mol. The molecule has 0 spiro atoms. The number of carbonyl (C=O) groups excluding carboxylic acids is 1. The summed E-state index contributed by atoms with van der Waals surface area (Å²) in [4.78, 5) is 12.0. The molecule has 2 aliphatic rings. The normalized spacial score (nSPS) is 22.9. The zero-order valence-corrected chi connectivity index (χ0v) is 13.0. The summed E-state index contributed by atoms with van der Waals surface area (Å²) >= 11 is 0. The molecule has 5 nitrogen and oxygen atoms in total. The molecule has 0 bridgehead atoms. The van der Waals surface area contributed by atoms with Gasteiger partial charge < -0.3 is 20.5 Å². The monoisotopic (exact) mass is 298 g/mol. The minimum absolute atomic E-state index is 0.0723.